The number of H-pyrrole nitrogens is 1. The monoisotopic (exact) mass is 241 g/mol. The lowest BCUT2D eigenvalue weighted by Gasteiger charge is -2.02. The van der Waals surface area contributed by atoms with Crippen LogP contribution in [0.1, 0.15) is 17.4 Å². The molecule has 3 aromatic rings. The molecule has 0 aliphatic heterocycles. The first-order valence-corrected chi connectivity index (χ1v) is 5.43. The number of tetrazole rings is 1. The van der Waals surface area contributed by atoms with E-state index in [0.29, 0.717) is 5.82 Å². The van der Waals surface area contributed by atoms with Crippen molar-refractivity contribution in [3.63, 3.8) is 0 Å². The minimum Gasteiger partial charge on any atom is -0.317 e. The number of para-hydroxylation sites is 1. The number of rotatable bonds is 3. The van der Waals surface area contributed by atoms with E-state index in [9.17, 15) is 0 Å². The van der Waals surface area contributed by atoms with Crippen molar-refractivity contribution in [2.75, 3.05) is 0 Å². The fourth-order valence-corrected chi connectivity index (χ4v) is 1.67. The second-order valence-corrected chi connectivity index (χ2v) is 3.80. The molecule has 18 heavy (non-hydrogen) atoms. The third-order valence-electron chi connectivity index (χ3n) is 2.62. The summed E-state index contributed by atoms with van der Waals surface area (Å²) in [5.41, 5.74) is 7.82. The van der Waals surface area contributed by atoms with Crippen LogP contribution in [0.15, 0.2) is 42.7 Å². The Morgan fingerprint density at radius 1 is 1.22 bits per heavy atom. The Labute approximate surface area is 103 Å². The highest BCUT2D eigenvalue weighted by molar-refractivity contribution is 5.32. The largest absolute Gasteiger partial charge is 0.317 e. The standard InChI is InChI=1S/C11H11N7/c12-10(11-14-16-17-15-11)8-6-13-18(7-8)9-4-2-1-3-5-9/h1-7,10H,12H2,(H,14,15,16,17). The summed E-state index contributed by atoms with van der Waals surface area (Å²) in [6.07, 6.45) is 3.56. The van der Waals surface area contributed by atoms with Crippen LogP contribution in [0.3, 0.4) is 0 Å². The summed E-state index contributed by atoms with van der Waals surface area (Å²) in [4.78, 5) is 0. The van der Waals surface area contributed by atoms with Crippen molar-refractivity contribution in [3.8, 4) is 5.69 Å². The van der Waals surface area contributed by atoms with Crippen LogP contribution < -0.4 is 5.73 Å². The van der Waals surface area contributed by atoms with Crippen molar-refractivity contribution >= 4 is 0 Å². The summed E-state index contributed by atoms with van der Waals surface area (Å²) >= 11 is 0. The van der Waals surface area contributed by atoms with Crippen LogP contribution in [0.4, 0.5) is 0 Å². The summed E-state index contributed by atoms with van der Waals surface area (Å²) in [5.74, 6) is 0.447. The van der Waals surface area contributed by atoms with E-state index in [0.717, 1.165) is 11.3 Å². The Morgan fingerprint density at radius 3 is 2.78 bits per heavy atom. The lowest BCUT2D eigenvalue weighted by atomic mass is 10.2. The van der Waals surface area contributed by atoms with E-state index in [1.54, 1.807) is 10.9 Å². The molecule has 0 radical (unpaired) electrons. The van der Waals surface area contributed by atoms with Crippen LogP contribution in [0.2, 0.25) is 0 Å². The van der Waals surface area contributed by atoms with Gasteiger partial charge in [-0.1, -0.05) is 23.4 Å². The molecule has 90 valence electrons. The zero-order valence-corrected chi connectivity index (χ0v) is 9.43. The number of aromatic nitrogens is 6. The van der Waals surface area contributed by atoms with Gasteiger partial charge in [-0.3, -0.25) is 0 Å². The van der Waals surface area contributed by atoms with Gasteiger partial charge in [0, 0.05) is 11.8 Å². The lowest BCUT2D eigenvalue weighted by molar-refractivity contribution is 0.784. The molecule has 3 rings (SSSR count). The molecule has 7 nitrogen and oxygen atoms in total. The summed E-state index contributed by atoms with van der Waals surface area (Å²) in [7, 11) is 0. The van der Waals surface area contributed by atoms with Gasteiger partial charge in [-0.25, -0.2) is 4.68 Å². The van der Waals surface area contributed by atoms with Gasteiger partial charge in [0.2, 0.25) is 0 Å². The highest BCUT2D eigenvalue weighted by Gasteiger charge is 2.15. The average Bonchev–Trinajstić information content (AvgIpc) is 3.10. The van der Waals surface area contributed by atoms with Crippen LogP contribution in [0.25, 0.3) is 5.69 Å². The van der Waals surface area contributed by atoms with Crippen molar-refractivity contribution in [1.82, 2.24) is 30.4 Å². The van der Waals surface area contributed by atoms with Gasteiger partial charge < -0.3 is 5.73 Å². The van der Waals surface area contributed by atoms with Gasteiger partial charge in [-0.2, -0.15) is 10.3 Å². The highest BCUT2D eigenvalue weighted by Crippen LogP contribution is 2.16. The maximum atomic E-state index is 6.01. The Balaban J connectivity index is 1.90. The van der Waals surface area contributed by atoms with Crippen LogP contribution in [-0.2, 0) is 0 Å². The van der Waals surface area contributed by atoms with E-state index < -0.39 is 6.04 Å². The van der Waals surface area contributed by atoms with E-state index in [1.807, 2.05) is 36.5 Å². The Kier molecular flexibility index (Phi) is 2.58. The fourth-order valence-electron chi connectivity index (χ4n) is 1.67. The second-order valence-electron chi connectivity index (χ2n) is 3.80. The topological polar surface area (TPSA) is 98.3 Å². The van der Waals surface area contributed by atoms with Crippen molar-refractivity contribution < 1.29 is 0 Å². The van der Waals surface area contributed by atoms with E-state index in [1.165, 1.54) is 0 Å². The van der Waals surface area contributed by atoms with E-state index in [-0.39, 0.29) is 0 Å². The smallest absolute Gasteiger partial charge is 0.195 e. The second kappa shape index (κ2) is 4.38. The first-order valence-electron chi connectivity index (χ1n) is 5.43. The molecule has 0 saturated carbocycles. The zero-order chi connectivity index (χ0) is 12.4. The fraction of sp³-hybridized carbons (Fsp3) is 0.0909. The molecular weight excluding hydrogens is 230 g/mol. The molecule has 1 unspecified atom stereocenters. The molecule has 0 spiro atoms. The maximum absolute atomic E-state index is 6.01. The molecule has 2 heterocycles. The molecule has 0 aliphatic rings. The molecular formula is C11H11N7. The van der Waals surface area contributed by atoms with Crippen LogP contribution in [0.5, 0.6) is 0 Å². The predicted octanol–water partition coefficient (Wildman–Crippen LogP) is 0.433. The Hall–Kier alpha value is -2.54. The number of benzene rings is 1. The van der Waals surface area contributed by atoms with Gasteiger partial charge in [0.1, 0.15) is 0 Å². The van der Waals surface area contributed by atoms with Gasteiger partial charge in [0.05, 0.1) is 17.9 Å². The Bertz CT molecular complexity index is 614. The summed E-state index contributed by atoms with van der Waals surface area (Å²) in [6, 6.07) is 9.37. The van der Waals surface area contributed by atoms with Gasteiger partial charge >= 0.3 is 0 Å². The number of hydrogen-bond donors (Lipinski definition) is 2. The molecule has 3 N–H and O–H groups in total. The van der Waals surface area contributed by atoms with E-state index in [4.69, 9.17) is 5.73 Å². The minimum atomic E-state index is -0.429. The molecule has 0 bridgehead atoms. The quantitative estimate of drug-likeness (QED) is 0.693. The molecule has 1 aromatic carbocycles. The van der Waals surface area contributed by atoms with Crippen LogP contribution in [0, 0.1) is 0 Å². The van der Waals surface area contributed by atoms with Crippen LogP contribution in [-0.4, -0.2) is 30.4 Å². The SMILES string of the molecule is NC(c1cnn(-c2ccccc2)c1)c1nn[nH]n1. The molecule has 0 aliphatic carbocycles. The molecule has 0 saturated heterocycles. The molecule has 2 aromatic heterocycles. The number of nitrogens with zero attached hydrogens (tertiary/aromatic N) is 5. The zero-order valence-electron chi connectivity index (χ0n) is 9.43. The summed E-state index contributed by atoms with van der Waals surface area (Å²) in [6.45, 7) is 0. The van der Waals surface area contributed by atoms with E-state index >= 15 is 0 Å². The number of nitrogens with two attached hydrogens (primary N) is 1. The summed E-state index contributed by atoms with van der Waals surface area (Å²) in [5, 5.41) is 17.9. The van der Waals surface area contributed by atoms with Crippen molar-refractivity contribution in [3.05, 3.63) is 54.1 Å². The van der Waals surface area contributed by atoms with Gasteiger partial charge in [0.15, 0.2) is 5.82 Å². The van der Waals surface area contributed by atoms with E-state index in [2.05, 4.69) is 25.7 Å². The highest BCUT2D eigenvalue weighted by atomic mass is 15.5. The third-order valence-corrected chi connectivity index (χ3v) is 2.62. The maximum Gasteiger partial charge on any atom is 0.195 e. The molecule has 1 atom stereocenters. The minimum absolute atomic E-state index is 0.429. The normalized spacial score (nSPS) is 12.5. The van der Waals surface area contributed by atoms with Crippen molar-refractivity contribution in [2.24, 2.45) is 5.73 Å². The average molecular weight is 241 g/mol. The lowest BCUT2D eigenvalue weighted by Crippen LogP contribution is -2.13. The van der Waals surface area contributed by atoms with Crippen molar-refractivity contribution in [1.29, 1.82) is 0 Å². The van der Waals surface area contributed by atoms with Crippen LogP contribution >= 0.6 is 0 Å². The van der Waals surface area contributed by atoms with Gasteiger partial charge in [-0.05, 0) is 12.1 Å². The molecule has 0 amide bonds. The third kappa shape index (κ3) is 1.87. The first kappa shape index (κ1) is 10.6. The molecule has 7 heteroatoms. The predicted molar refractivity (Wildman–Crippen MR) is 63.8 cm³/mol. The Morgan fingerprint density at radius 2 is 2.06 bits per heavy atom. The number of aromatic amines is 1. The summed E-state index contributed by atoms with van der Waals surface area (Å²) < 4.78 is 1.76. The van der Waals surface area contributed by atoms with Crippen molar-refractivity contribution in [2.45, 2.75) is 6.04 Å². The van der Waals surface area contributed by atoms with Gasteiger partial charge in [-0.15, -0.1) is 10.2 Å². The first-order chi connectivity index (χ1) is 8.84. The number of nitrogens with one attached hydrogen (secondary N) is 1. The number of hydrogen-bond acceptors (Lipinski definition) is 5. The van der Waals surface area contributed by atoms with Gasteiger partial charge in [0.25, 0.3) is 0 Å². The molecule has 0 fully saturated rings.